The molecule has 0 heterocycles. The van der Waals surface area contributed by atoms with Gasteiger partial charge in [0, 0.05) is 5.56 Å². The van der Waals surface area contributed by atoms with Crippen molar-refractivity contribution in [2.45, 2.75) is 70.6 Å². The summed E-state index contributed by atoms with van der Waals surface area (Å²) in [5.41, 5.74) is 3.46. The highest BCUT2D eigenvalue weighted by atomic mass is 19.2. The van der Waals surface area contributed by atoms with Crippen LogP contribution in [0.2, 0.25) is 0 Å². The summed E-state index contributed by atoms with van der Waals surface area (Å²) in [5, 5.41) is 0. The third-order valence-corrected chi connectivity index (χ3v) is 7.07. The van der Waals surface area contributed by atoms with Crippen LogP contribution in [0.3, 0.4) is 0 Å². The molecule has 0 amide bonds. The topological polar surface area (TPSA) is 9.23 Å². The Bertz CT molecular complexity index is 1100. The smallest absolute Gasteiger partial charge is 0.166 e. The van der Waals surface area contributed by atoms with Gasteiger partial charge in [0.05, 0.1) is 6.61 Å². The van der Waals surface area contributed by atoms with Crippen molar-refractivity contribution < 1.29 is 17.9 Å². The second-order valence-corrected chi connectivity index (χ2v) is 9.49. The molecule has 0 aromatic heterocycles. The van der Waals surface area contributed by atoms with Crippen LogP contribution in [-0.4, -0.2) is 6.61 Å². The molecular formula is C30H33F3O. The summed E-state index contributed by atoms with van der Waals surface area (Å²) in [6.07, 6.45) is 6.24. The van der Waals surface area contributed by atoms with E-state index in [1.54, 1.807) is 24.3 Å². The van der Waals surface area contributed by atoms with Crippen molar-refractivity contribution in [2.24, 2.45) is 0 Å². The fraction of sp³-hybridized carbons (Fsp3) is 0.400. The summed E-state index contributed by atoms with van der Waals surface area (Å²) in [7, 11) is 0. The molecule has 1 aliphatic carbocycles. The lowest BCUT2D eigenvalue weighted by molar-refractivity contribution is 0.291. The van der Waals surface area contributed by atoms with Crippen LogP contribution in [0.15, 0.2) is 54.6 Å². The summed E-state index contributed by atoms with van der Waals surface area (Å²) in [6.45, 7) is 4.61. The van der Waals surface area contributed by atoms with Gasteiger partial charge < -0.3 is 4.74 Å². The third-order valence-electron chi connectivity index (χ3n) is 7.07. The van der Waals surface area contributed by atoms with Gasteiger partial charge in [0.15, 0.2) is 23.2 Å². The Morgan fingerprint density at radius 2 is 1.50 bits per heavy atom. The summed E-state index contributed by atoms with van der Waals surface area (Å²) in [5.74, 6) is -1.34. The van der Waals surface area contributed by atoms with Gasteiger partial charge in [-0.2, -0.15) is 0 Å². The van der Waals surface area contributed by atoms with Gasteiger partial charge >= 0.3 is 0 Å². The van der Waals surface area contributed by atoms with Crippen LogP contribution in [-0.2, 0) is 0 Å². The number of benzene rings is 3. The van der Waals surface area contributed by atoms with Crippen molar-refractivity contribution in [3.63, 3.8) is 0 Å². The largest absolute Gasteiger partial charge is 0.491 e. The maximum Gasteiger partial charge on any atom is 0.166 e. The van der Waals surface area contributed by atoms with E-state index in [0.29, 0.717) is 29.0 Å². The fourth-order valence-electron chi connectivity index (χ4n) is 5.00. The summed E-state index contributed by atoms with van der Waals surface area (Å²) in [6, 6.07) is 16.1. The third kappa shape index (κ3) is 5.48. The van der Waals surface area contributed by atoms with Gasteiger partial charge in [-0.05, 0) is 79.7 Å². The predicted octanol–water partition coefficient (Wildman–Crippen LogP) is 9.09. The highest BCUT2D eigenvalue weighted by molar-refractivity contribution is 5.65. The van der Waals surface area contributed by atoms with Crippen molar-refractivity contribution >= 4 is 0 Å². The Balaban J connectivity index is 1.40. The lowest BCUT2D eigenvalue weighted by Gasteiger charge is -2.29. The monoisotopic (exact) mass is 466 g/mol. The van der Waals surface area contributed by atoms with E-state index >= 15 is 4.39 Å². The van der Waals surface area contributed by atoms with Gasteiger partial charge in [0.1, 0.15) is 0 Å². The van der Waals surface area contributed by atoms with Crippen LogP contribution in [0.25, 0.3) is 11.1 Å². The molecule has 0 saturated heterocycles. The number of rotatable bonds is 8. The molecule has 0 unspecified atom stereocenters. The summed E-state index contributed by atoms with van der Waals surface area (Å²) < 4.78 is 50.1. The van der Waals surface area contributed by atoms with Gasteiger partial charge in [-0.1, -0.05) is 67.8 Å². The molecule has 0 N–H and O–H groups in total. The Morgan fingerprint density at radius 1 is 0.794 bits per heavy atom. The first-order chi connectivity index (χ1) is 16.5. The summed E-state index contributed by atoms with van der Waals surface area (Å²) >= 11 is 0. The first-order valence-electron chi connectivity index (χ1n) is 12.4. The minimum atomic E-state index is -0.778. The van der Waals surface area contributed by atoms with Gasteiger partial charge in [0.2, 0.25) is 0 Å². The van der Waals surface area contributed by atoms with Crippen LogP contribution in [0, 0.1) is 24.4 Å². The zero-order valence-corrected chi connectivity index (χ0v) is 20.0. The molecule has 0 bridgehead atoms. The molecule has 34 heavy (non-hydrogen) atoms. The molecule has 3 aromatic carbocycles. The number of halogens is 3. The highest BCUT2D eigenvalue weighted by Crippen LogP contribution is 2.42. The van der Waals surface area contributed by atoms with E-state index in [1.807, 2.05) is 37.3 Å². The normalized spacial score (nSPS) is 18.1. The molecule has 0 aliphatic heterocycles. The van der Waals surface area contributed by atoms with Gasteiger partial charge in [0.25, 0.3) is 0 Å². The van der Waals surface area contributed by atoms with Crippen LogP contribution >= 0.6 is 0 Å². The first-order valence-corrected chi connectivity index (χ1v) is 12.4. The highest BCUT2D eigenvalue weighted by Gasteiger charge is 2.27. The standard InChI is InChI=1S/C30H33F3O/c1-3-4-5-18-34-28-17-14-24(19-27(28)31)21-10-12-23(13-11-21)26-16-15-25(29(32)30(26)33)22-8-6-20(2)7-9-22/h6-9,14-17,19,21,23H,3-5,10-13,18H2,1-2H3. The zero-order chi connectivity index (χ0) is 24.1. The average molecular weight is 467 g/mol. The molecule has 4 rings (SSSR count). The SMILES string of the molecule is CCCCCOc1ccc(C2CCC(c3ccc(-c4ccc(C)cc4)c(F)c3F)CC2)cc1F. The molecule has 1 saturated carbocycles. The van der Waals surface area contributed by atoms with Crippen molar-refractivity contribution in [1.29, 1.82) is 0 Å². The van der Waals surface area contributed by atoms with Crippen LogP contribution in [0.1, 0.15) is 80.4 Å². The minimum absolute atomic E-state index is 0.0242. The Morgan fingerprint density at radius 3 is 2.18 bits per heavy atom. The van der Waals surface area contributed by atoms with Crippen molar-refractivity contribution in [2.75, 3.05) is 6.61 Å². The quantitative estimate of drug-likeness (QED) is 0.301. The second-order valence-electron chi connectivity index (χ2n) is 9.49. The minimum Gasteiger partial charge on any atom is -0.491 e. The van der Waals surface area contributed by atoms with Crippen molar-refractivity contribution in [3.05, 3.63) is 88.7 Å². The van der Waals surface area contributed by atoms with Crippen LogP contribution < -0.4 is 4.74 Å². The van der Waals surface area contributed by atoms with Gasteiger partial charge in [-0.3, -0.25) is 0 Å². The number of hydrogen-bond donors (Lipinski definition) is 0. The Kier molecular flexibility index (Phi) is 7.97. The lowest BCUT2D eigenvalue weighted by atomic mass is 9.76. The predicted molar refractivity (Wildman–Crippen MR) is 132 cm³/mol. The zero-order valence-electron chi connectivity index (χ0n) is 20.0. The maximum absolute atomic E-state index is 15.0. The van der Waals surface area contributed by atoms with E-state index in [-0.39, 0.29) is 17.7 Å². The number of hydrogen-bond acceptors (Lipinski definition) is 1. The molecule has 4 heteroatoms. The molecule has 3 aromatic rings. The Labute approximate surface area is 201 Å². The summed E-state index contributed by atoms with van der Waals surface area (Å²) in [4.78, 5) is 0. The van der Waals surface area contributed by atoms with E-state index in [9.17, 15) is 8.78 Å². The Hall–Kier alpha value is -2.75. The van der Waals surface area contributed by atoms with Gasteiger partial charge in [-0.15, -0.1) is 0 Å². The first kappa shape index (κ1) is 24.4. The molecule has 0 spiro atoms. The molecule has 1 nitrogen and oxygen atoms in total. The van der Waals surface area contributed by atoms with E-state index < -0.39 is 11.6 Å². The van der Waals surface area contributed by atoms with Gasteiger partial charge in [-0.25, -0.2) is 13.2 Å². The molecule has 180 valence electrons. The molecule has 0 atom stereocenters. The van der Waals surface area contributed by atoms with Crippen molar-refractivity contribution in [3.8, 4) is 16.9 Å². The maximum atomic E-state index is 15.0. The van der Waals surface area contributed by atoms with Crippen LogP contribution in [0.5, 0.6) is 5.75 Å². The molecular weight excluding hydrogens is 433 g/mol. The van der Waals surface area contributed by atoms with E-state index in [2.05, 4.69) is 6.92 Å². The van der Waals surface area contributed by atoms with E-state index in [1.165, 1.54) is 0 Å². The number of unbranched alkanes of at least 4 members (excludes halogenated alkanes) is 2. The van der Waals surface area contributed by atoms with Crippen molar-refractivity contribution in [1.82, 2.24) is 0 Å². The van der Waals surface area contributed by atoms with Crippen LogP contribution in [0.4, 0.5) is 13.2 Å². The fourth-order valence-corrected chi connectivity index (χ4v) is 5.00. The molecule has 1 fully saturated rings. The lowest BCUT2D eigenvalue weighted by Crippen LogP contribution is -2.14. The molecule has 0 radical (unpaired) electrons. The second kappa shape index (κ2) is 11.1. The number of ether oxygens (including phenoxy) is 1. The molecule has 1 aliphatic rings. The number of aryl methyl sites for hydroxylation is 1. The van der Waals surface area contributed by atoms with E-state index in [4.69, 9.17) is 4.74 Å². The average Bonchev–Trinajstić information content (AvgIpc) is 2.85. The van der Waals surface area contributed by atoms with E-state index in [0.717, 1.165) is 56.1 Å².